The van der Waals surface area contributed by atoms with Crippen LogP contribution < -0.4 is 10.1 Å². The second-order valence-electron chi connectivity index (χ2n) is 10.0. The third-order valence-corrected chi connectivity index (χ3v) is 7.19. The van der Waals surface area contributed by atoms with Gasteiger partial charge in [-0.05, 0) is 31.5 Å². The van der Waals surface area contributed by atoms with E-state index in [1.165, 1.54) is 27.9 Å². The highest BCUT2D eigenvalue weighted by molar-refractivity contribution is 5.96. The van der Waals surface area contributed by atoms with E-state index in [9.17, 15) is 18.4 Å². The Bertz CT molecular complexity index is 1500. The van der Waals surface area contributed by atoms with Gasteiger partial charge in [-0.25, -0.2) is 28.3 Å². The van der Waals surface area contributed by atoms with E-state index in [4.69, 9.17) is 9.47 Å². The zero-order valence-corrected chi connectivity index (χ0v) is 21.9. The number of hydrazone groups is 1. The molecule has 3 aromatic rings. The lowest BCUT2D eigenvalue weighted by Crippen LogP contribution is -2.58. The third kappa shape index (κ3) is 4.76. The largest absolute Gasteiger partial charge is 0.483 e. The quantitative estimate of drug-likeness (QED) is 0.504. The van der Waals surface area contributed by atoms with Crippen LogP contribution in [0.3, 0.4) is 0 Å². The average Bonchev–Trinajstić information content (AvgIpc) is 3.48. The number of aryl methyl sites for hydroxylation is 1. The molecule has 5 heterocycles. The van der Waals surface area contributed by atoms with Crippen molar-refractivity contribution in [2.24, 2.45) is 5.10 Å². The molecule has 13 heteroatoms. The lowest BCUT2D eigenvalue weighted by Gasteiger charge is -2.41. The van der Waals surface area contributed by atoms with Crippen molar-refractivity contribution in [2.75, 3.05) is 26.3 Å². The van der Waals surface area contributed by atoms with Crippen molar-refractivity contribution in [1.82, 2.24) is 30.0 Å². The molecule has 2 aromatic heterocycles. The van der Waals surface area contributed by atoms with Gasteiger partial charge in [-0.15, -0.1) is 0 Å². The summed E-state index contributed by atoms with van der Waals surface area (Å²) in [7, 11) is 0. The van der Waals surface area contributed by atoms with E-state index in [1.807, 2.05) is 0 Å². The molecule has 0 bridgehead atoms. The Labute approximate surface area is 228 Å². The van der Waals surface area contributed by atoms with Crippen LogP contribution >= 0.6 is 0 Å². The van der Waals surface area contributed by atoms with E-state index < -0.39 is 18.0 Å². The minimum atomic E-state index is -0.659. The molecule has 208 valence electrons. The van der Waals surface area contributed by atoms with Crippen LogP contribution in [-0.2, 0) is 4.74 Å². The van der Waals surface area contributed by atoms with Crippen LogP contribution in [0.15, 0.2) is 41.6 Å². The van der Waals surface area contributed by atoms with Gasteiger partial charge in [0.05, 0.1) is 61.5 Å². The predicted octanol–water partition coefficient (Wildman–Crippen LogP) is 2.91. The predicted molar refractivity (Wildman–Crippen MR) is 138 cm³/mol. The lowest BCUT2D eigenvalue weighted by molar-refractivity contribution is -0.00348. The number of pyridine rings is 1. The Hall–Kier alpha value is -4.39. The average molecular weight is 552 g/mol. The first-order chi connectivity index (χ1) is 19.3. The van der Waals surface area contributed by atoms with E-state index >= 15 is 0 Å². The number of nitrogens with zero attached hydrogens (tertiary/aromatic N) is 6. The second kappa shape index (κ2) is 10.3. The summed E-state index contributed by atoms with van der Waals surface area (Å²) in [5, 5.41) is 12.9. The molecule has 1 aromatic carbocycles. The summed E-state index contributed by atoms with van der Waals surface area (Å²) < 4.78 is 40.8. The molecule has 0 saturated carbocycles. The van der Waals surface area contributed by atoms with Gasteiger partial charge in [0.1, 0.15) is 11.9 Å². The number of rotatable bonds is 6. The number of likely N-dealkylation sites (tertiary alicyclic amines) is 1. The number of carbonyl (C=O) groups is 2. The lowest BCUT2D eigenvalue weighted by atomic mass is 10.0. The standard InChI is InChI=1S/C27H27F2N7O4/c1-15-25(26(37)32-19-13-39-14-19)16(2)35(33-15)24-9-23(21(29)10-30-24)40-20-11-34(12-20)27(38)36-22(6-7-31-36)17-4-3-5-18(28)8-17/h3-5,7-10,19-20,22H,6,11-14H2,1-2H3,(H,32,37)/t22-/m0/s1. The van der Waals surface area contributed by atoms with E-state index in [-0.39, 0.29) is 42.6 Å². The molecule has 0 radical (unpaired) electrons. The van der Waals surface area contributed by atoms with Gasteiger partial charge in [0, 0.05) is 18.7 Å². The van der Waals surface area contributed by atoms with Crippen molar-refractivity contribution in [2.45, 2.75) is 38.5 Å². The SMILES string of the molecule is Cc1nn(-c2cc(OC3CN(C(=O)N4N=CC[C@H]4c4cccc(F)c4)C3)c(F)cn2)c(C)c1C(=O)NC1COC1. The number of ether oxygens (including phenoxy) is 2. The van der Waals surface area contributed by atoms with Crippen LogP contribution in [0.1, 0.15) is 39.8 Å². The van der Waals surface area contributed by atoms with Gasteiger partial charge in [0.2, 0.25) is 0 Å². The molecule has 2 fully saturated rings. The first kappa shape index (κ1) is 25.9. The van der Waals surface area contributed by atoms with Crippen LogP contribution in [0.4, 0.5) is 13.6 Å². The number of carbonyl (C=O) groups excluding carboxylic acids is 2. The fourth-order valence-electron chi connectivity index (χ4n) is 4.97. The van der Waals surface area contributed by atoms with Crippen molar-refractivity contribution in [3.05, 3.63) is 70.7 Å². The number of amides is 3. The Morgan fingerprint density at radius 1 is 1.15 bits per heavy atom. The fraction of sp³-hybridized carbons (Fsp3) is 0.370. The summed E-state index contributed by atoms with van der Waals surface area (Å²) in [4.78, 5) is 31.5. The van der Waals surface area contributed by atoms with Gasteiger partial charge in [0.25, 0.3) is 5.91 Å². The highest BCUT2D eigenvalue weighted by atomic mass is 19.1. The van der Waals surface area contributed by atoms with Crippen LogP contribution in [-0.4, -0.2) is 81.3 Å². The summed E-state index contributed by atoms with van der Waals surface area (Å²) in [5.74, 6) is -1.04. The van der Waals surface area contributed by atoms with Gasteiger partial charge < -0.3 is 19.7 Å². The van der Waals surface area contributed by atoms with Gasteiger partial charge in [-0.3, -0.25) is 4.79 Å². The van der Waals surface area contributed by atoms with Gasteiger partial charge in [0.15, 0.2) is 17.4 Å². The smallest absolute Gasteiger partial charge is 0.341 e. The summed E-state index contributed by atoms with van der Waals surface area (Å²) in [5.41, 5.74) is 2.15. The van der Waals surface area contributed by atoms with E-state index in [0.29, 0.717) is 48.0 Å². The molecule has 1 N–H and O–H groups in total. The Kier molecular flexibility index (Phi) is 6.66. The van der Waals surface area contributed by atoms with Gasteiger partial charge >= 0.3 is 6.03 Å². The monoisotopic (exact) mass is 551 g/mol. The molecule has 0 spiro atoms. The molecule has 0 aliphatic carbocycles. The molecule has 11 nitrogen and oxygen atoms in total. The molecule has 2 saturated heterocycles. The van der Waals surface area contributed by atoms with Crippen molar-refractivity contribution in [1.29, 1.82) is 0 Å². The number of urea groups is 1. The van der Waals surface area contributed by atoms with E-state index in [0.717, 1.165) is 6.20 Å². The minimum absolute atomic E-state index is 0.0305. The summed E-state index contributed by atoms with van der Waals surface area (Å²) in [6.45, 7) is 4.87. The molecule has 3 amide bonds. The highest BCUT2D eigenvalue weighted by Gasteiger charge is 2.39. The number of nitrogens with one attached hydrogen (secondary N) is 1. The minimum Gasteiger partial charge on any atom is -0.483 e. The molecule has 3 aliphatic heterocycles. The van der Waals surface area contributed by atoms with Crippen molar-refractivity contribution >= 4 is 18.2 Å². The number of hydrogen-bond acceptors (Lipinski definition) is 7. The first-order valence-electron chi connectivity index (χ1n) is 12.9. The molecule has 3 aliphatic rings. The Balaban J connectivity index is 1.11. The van der Waals surface area contributed by atoms with Crippen LogP contribution in [0.5, 0.6) is 5.75 Å². The van der Waals surface area contributed by atoms with Crippen molar-refractivity contribution in [3.8, 4) is 11.6 Å². The fourth-order valence-corrected chi connectivity index (χ4v) is 4.97. The Morgan fingerprint density at radius 3 is 2.67 bits per heavy atom. The second-order valence-corrected chi connectivity index (χ2v) is 10.0. The van der Waals surface area contributed by atoms with Gasteiger partial charge in [-0.1, -0.05) is 12.1 Å². The number of benzene rings is 1. The summed E-state index contributed by atoms with van der Waals surface area (Å²) in [6.07, 6.45) is 2.71. The van der Waals surface area contributed by atoms with Gasteiger partial charge in [-0.2, -0.15) is 10.2 Å². The maximum atomic E-state index is 14.6. The first-order valence-corrected chi connectivity index (χ1v) is 12.9. The molecule has 1 atom stereocenters. The van der Waals surface area contributed by atoms with Crippen LogP contribution in [0, 0.1) is 25.5 Å². The Morgan fingerprint density at radius 2 is 1.95 bits per heavy atom. The summed E-state index contributed by atoms with van der Waals surface area (Å²) >= 11 is 0. The molecular weight excluding hydrogens is 524 g/mol. The third-order valence-electron chi connectivity index (χ3n) is 7.19. The van der Waals surface area contributed by atoms with E-state index in [1.54, 1.807) is 37.1 Å². The molecule has 6 rings (SSSR count). The maximum absolute atomic E-state index is 14.6. The van der Waals surface area contributed by atoms with Crippen LogP contribution in [0.2, 0.25) is 0 Å². The maximum Gasteiger partial charge on any atom is 0.341 e. The van der Waals surface area contributed by atoms with Crippen molar-refractivity contribution in [3.63, 3.8) is 0 Å². The molecular formula is C27H27F2N7O4. The van der Waals surface area contributed by atoms with Crippen molar-refractivity contribution < 1.29 is 27.8 Å². The molecule has 40 heavy (non-hydrogen) atoms. The number of hydrogen-bond donors (Lipinski definition) is 1. The number of halogens is 2. The highest BCUT2D eigenvalue weighted by Crippen LogP contribution is 2.31. The van der Waals surface area contributed by atoms with E-state index in [2.05, 4.69) is 20.5 Å². The number of aromatic nitrogens is 3. The normalized spacial score (nSPS) is 18.9. The molecule has 0 unspecified atom stereocenters. The topological polar surface area (TPSA) is 114 Å². The summed E-state index contributed by atoms with van der Waals surface area (Å²) in [6, 6.07) is 6.77. The zero-order valence-electron chi connectivity index (χ0n) is 21.9. The van der Waals surface area contributed by atoms with Crippen LogP contribution in [0.25, 0.3) is 5.82 Å². The zero-order chi connectivity index (χ0) is 28.0.